The van der Waals surface area contributed by atoms with Crippen molar-refractivity contribution in [1.29, 1.82) is 0 Å². The second-order valence-corrected chi connectivity index (χ2v) is 1.90. The van der Waals surface area contributed by atoms with E-state index in [2.05, 4.69) is 4.74 Å². The van der Waals surface area contributed by atoms with E-state index in [1.54, 1.807) is 0 Å². The molecular weight excluding hydrogens is 151 g/mol. The van der Waals surface area contributed by atoms with Gasteiger partial charge in [0.25, 0.3) is 0 Å². The number of halogens is 1. The van der Waals surface area contributed by atoms with E-state index in [1.165, 1.54) is 12.1 Å². The summed E-state index contributed by atoms with van der Waals surface area (Å²) in [5, 5.41) is 16.6. The van der Waals surface area contributed by atoms with Crippen molar-refractivity contribution < 1.29 is 19.3 Å². The Morgan fingerprint density at radius 3 is 2.18 bits per heavy atom. The van der Waals surface area contributed by atoms with Gasteiger partial charge in [-0.2, -0.15) is 0 Å². The molecule has 0 radical (unpaired) electrons. The highest BCUT2D eigenvalue weighted by atomic mass is 19.1. The van der Waals surface area contributed by atoms with Gasteiger partial charge in [0.1, 0.15) is 11.6 Å². The van der Waals surface area contributed by atoms with Crippen molar-refractivity contribution in [2.45, 2.75) is 6.48 Å². The van der Waals surface area contributed by atoms with Gasteiger partial charge in [-0.1, -0.05) is 0 Å². The van der Waals surface area contributed by atoms with Gasteiger partial charge >= 0.3 is 6.48 Å². The molecule has 0 heterocycles. The number of ether oxygens (including phenoxy) is 1. The van der Waals surface area contributed by atoms with Gasteiger partial charge in [-0.05, 0) is 24.3 Å². The average Bonchev–Trinajstić information content (AvgIpc) is 1.93. The van der Waals surface area contributed by atoms with E-state index < -0.39 is 12.3 Å². The van der Waals surface area contributed by atoms with Gasteiger partial charge in [-0.15, -0.1) is 0 Å². The van der Waals surface area contributed by atoms with Crippen molar-refractivity contribution in [3.05, 3.63) is 30.1 Å². The third-order valence-electron chi connectivity index (χ3n) is 1.06. The first kappa shape index (κ1) is 7.97. The summed E-state index contributed by atoms with van der Waals surface area (Å²) in [6, 6.07) is 4.93. The minimum atomic E-state index is -1.86. The third kappa shape index (κ3) is 2.53. The van der Waals surface area contributed by atoms with Crippen LogP contribution < -0.4 is 4.74 Å². The van der Waals surface area contributed by atoms with Crippen LogP contribution in [0.4, 0.5) is 4.39 Å². The molecule has 0 aromatic heterocycles. The molecule has 0 aliphatic carbocycles. The Kier molecular flexibility index (Phi) is 2.40. The van der Waals surface area contributed by atoms with Gasteiger partial charge in [0.15, 0.2) is 0 Å². The fourth-order valence-electron chi connectivity index (χ4n) is 0.635. The highest BCUT2D eigenvalue weighted by molar-refractivity contribution is 5.21. The Hall–Kier alpha value is -1.13. The monoisotopic (exact) mass is 158 g/mol. The van der Waals surface area contributed by atoms with Crippen molar-refractivity contribution in [3.8, 4) is 5.75 Å². The molecular formula is C7H7FO3. The summed E-state index contributed by atoms with van der Waals surface area (Å²) in [6.45, 7) is -1.86. The molecule has 11 heavy (non-hydrogen) atoms. The Labute approximate surface area is 62.7 Å². The first-order chi connectivity index (χ1) is 5.18. The zero-order valence-electron chi connectivity index (χ0n) is 5.57. The maximum Gasteiger partial charge on any atom is 0.310 e. The van der Waals surface area contributed by atoms with E-state index in [1.807, 2.05) is 0 Å². The van der Waals surface area contributed by atoms with Crippen molar-refractivity contribution in [1.82, 2.24) is 0 Å². The summed E-state index contributed by atoms with van der Waals surface area (Å²) < 4.78 is 16.7. The van der Waals surface area contributed by atoms with Gasteiger partial charge in [0, 0.05) is 0 Å². The van der Waals surface area contributed by atoms with E-state index >= 15 is 0 Å². The number of hydrogen-bond acceptors (Lipinski definition) is 3. The number of rotatable bonds is 2. The van der Waals surface area contributed by atoms with Crippen LogP contribution in [-0.2, 0) is 0 Å². The zero-order valence-corrected chi connectivity index (χ0v) is 5.57. The summed E-state index contributed by atoms with van der Waals surface area (Å²) in [5.74, 6) is -0.189. The summed E-state index contributed by atoms with van der Waals surface area (Å²) in [4.78, 5) is 0. The fourth-order valence-corrected chi connectivity index (χ4v) is 0.635. The highest BCUT2D eigenvalue weighted by Gasteiger charge is 1.98. The maximum absolute atomic E-state index is 12.2. The fraction of sp³-hybridized carbons (Fsp3) is 0.143. The van der Waals surface area contributed by atoms with E-state index in [4.69, 9.17) is 10.2 Å². The van der Waals surface area contributed by atoms with Gasteiger partial charge in [-0.25, -0.2) is 4.39 Å². The number of aliphatic hydroxyl groups excluding tert-OH is 1. The quantitative estimate of drug-likeness (QED) is 0.615. The van der Waals surface area contributed by atoms with Crippen LogP contribution in [0.15, 0.2) is 24.3 Å². The smallest absolute Gasteiger partial charge is 0.310 e. The molecule has 0 atom stereocenters. The summed E-state index contributed by atoms with van der Waals surface area (Å²) >= 11 is 0. The summed E-state index contributed by atoms with van der Waals surface area (Å²) in [6.07, 6.45) is 0. The normalized spacial score (nSPS) is 10.2. The molecule has 0 aliphatic heterocycles. The van der Waals surface area contributed by atoms with Gasteiger partial charge in [-0.3, -0.25) is 0 Å². The van der Waals surface area contributed by atoms with Crippen molar-refractivity contribution >= 4 is 0 Å². The molecule has 4 heteroatoms. The lowest BCUT2D eigenvalue weighted by molar-refractivity contribution is -0.179. The predicted octanol–water partition coefficient (Wildman–Crippen LogP) is 0.473. The lowest BCUT2D eigenvalue weighted by Gasteiger charge is -2.05. The molecule has 0 unspecified atom stereocenters. The minimum Gasteiger partial charge on any atom is -0.442 e. The predicted molar refractivity (Wildman–Crippen MR) is 35.3 cm³/mol. The van der Waals surface area contributed by atoms with E-state index in [9.17, 15) is 4.39 Å². The van der Waals surface area contributed by atoms with Gasteiger partial charge < -0.3 is 14.9 Å². The molecule has 0 bridgehead atoms. The van der Waals surface area contributed by atoms with Gasteiger partial charge in [0.05, 0.1) is 0 Å². The van der Waals surface area contributed by atoms with Gasteiger partial charge in [0.2, 0.25) is 0 Å². The van der Waals surface area contributed by atoms with Crippen LogP contribution in [0.3, 0.4) is 0 Å². The molecule has 2 N–H and O–H groups in total. The van der Waals surface area contributed by atoms with Crippen molar-refractivity contribution in [3.63, 3.8) is 0 Å². The van der Waals surface area contributed by atoms with Crippen LogP contribution in [0.25, 0.3) is 0 Å². The number of hydrogen-bond donors (Lipinski definition) is 2. The highest BCUT2D eigenvalue weighted by Crippen LogP contribution is 2.11. The van der Waals surface area contributed by atoms with E-state index in [-0.39, 0.29) is 5.75 Å². The van der Waals surface area contributed by atoms with Crippen LogP contribution in [0.5, 0.6) is 5.75 Å². The van der Waals surface area contributed by atoms with Crippen molar-refractivity contribution in [2.75, 3.05) is 0 Å². The van der Waals surface area contributed by atoms with Crippen molar-refractivity contribution in [2.24, 2.45) is 0 Å². The topological polar surface area (TPSA) is 49.7 Å². The lowest BCUT2D eigenvalue weighted by Crippen LogP contribution is -2.13. The SMILES string of the molecule is OC(O)Oc1ccc(F)cc1. The maximum atomic E-state index is 12.2. The summed E-state index contributed by atoms with van der Waals surface area (Å²) in [5.41, 5.74) is 0. The number of aliphatic hydroxyl groups is 2. The molecule has 0 fully saturated rings. The van der Waals surface area contributed by atoms with Crippen LogP contribution in [-0.4, -0.2) is 16.7 Å². The second kappa shape index (κ2) is 3.32. The first-order valence-corrected chi connectivity index (χ1v) is 2.97. The lowest BCUT2D eigenvalue weighted by atomic mass is 10.3. The Balaban J connectivity index is 2.66. The third-order valence-corrected chi connectivity index (χ3v) is 1.06. The van der Waals surface area contributed by atoms with E-state index in [0.29, 0.717) is 0 Å². The molecule has 0 aliphatic rings. The standard InChI is InChI=1S/C7H7FO3/c8-5-1-3-6(4-2-5)11-7(9)10/h1-4,7,9-10H. The number of benzene rings is 1. The molecule has 1 rings (SSSR count). The molecule has 0 amide bonds. The molecule has 0 saturated carbocycles. The molecule has 0 spiro atoms. The Morgan fingerprint density at radius 2 is 1.73 bits per heavy atom. The van der Waals surface area contributed by atoms with Crippen LogP contribution in [0.2, 0.25) is 0 Å². The Morgan fingerprint density at radius 1 is 1.18 bits per heavy atom. The molecule has 3 nitrogen and oxygen atoms in total. The zero-order chi connectivity index (χ0) is 8.27. The molecule has 60 valence electrons. The van der Waals surface area contributed by atoms with Crippen LogP contribution in [0, 0.1) is 5.82 Å². The Bertz CT molecular complexity index is 220. The van der Waals surface area contributed by atoms with Crippen LogP contribution in [0.1, 0.15) is 0 Å². The van der Waals surface area contributed by atoms with E-state index in [0.717, 1.165) is 12.1 Å². The van der Waals surface area contributed by atoms with Crippen LogP contribution >= 0.6 is 0 Å². The first-order valence-electron chi connectivity index (χ1n) is 2.97. The minimum absolute atomic E-state index is 0.210. The molecule has 1 aromatic rings. The summed E-state index contributed by atoms with van der Waals surface area (Å²) in [7, 11) is 0. The average molecular weight is 158 g/mol. The second-order valence-electron chi connectivity index (χ2n) is 1.90. The molecule has 1 aromatic carbocycles. The largest absolute Gasteiger partial charge is 0.442 e. The molecule has 0 saturated heterocycles.